The predicted molar refractivity (Wildman–Crippen MR) is 84.2 cm³/mol. The highest BCUT2D eigenvalue weighted by Gasteiger charge is 2.28. The van der Waals surface area contributed by atoms with Crippen LogP contribution >= 0.6 is 0 Å². The number of rotatable bonds is 1. The molecule has 4 rings (SSSR count). The molecule has 96 valence electrons. The van der Waals surface area contributed by atoms with Crippen molar-refractivity contribution in [3.63, 3.8) is 0 Å². The molecule has 0 saturated carbocycles. The summed E-state index contributed by atoms with van der Waals surface area (Å²) in [6.07, 6.45) is 14.3. The summed E-state index contributed by atoms with van der Waals surface area (Å²) in [4.78, 5) is 0. The molecule has 3 aliphatic carbocycles. The van der Waals surface area contributed by atoms with Gasteiger partial charge in [-0.1, -0.05) is 48.1 Å². The lowest BCUT2D eigenvalue weighted by molar-refractivity contribution is 0.795. The summed E-state index contributed by atoms with van der Waals surface area (Å²) in [5.41, 5.74) is 11.5. The van der Waals surface area contributed by atoms with Crippen molar-refractivity contribution in [1.82, 2.24) is 0 Å². The van der Waals surface area contributed by atoms with Crippen molar-refractivity contribution in [3.8, 4) is 0 Å². The number of aryl methyl sites for hydroxylation is 1. The molecule has 1 atom stereocenters. The van der Waals surface area contributed by atoms with Crippen molar-refractivity contribution < 1.29 is 0 Å². The van der Waals surface area contributed by atoms with Gasteiger partial charge in [0.1, 0.15) is 0 Å². The second-order valence-corrected chi connectivity index (χ2v) is 5.63. The summed E-state index contributed by atoms with van der Waals surface area (Å²) < 4.78 is 0. The van der Waals surface area contributed by atoms with Gasteiger partial charge >= 0.3 is 0 Å². The van der Waals surface area contributed by atoms with Crippen LogP contribution in [0.4, 0.5) is 0 Å². The Bertz CT molecular complexity index is 755. The maximum atomic E-state index is 3.26. The minimum absolute atomic E-state index is 0.492. The highest BCUT2D eigenvalue weighted by atomic mass is 14.3. The van der Waals surface area contributed by atoms with Crippen LogP contribution in [0.25, 0.3) is 5.57 Å². The number of fused-ring (bicyclic) bond motifs is 2. The molecular weight excluding hydrogens is 240 g/mol. The molecule has 0 nitrogen and oxygen atoms in total. The van der Waals surface area contributed by atoms with E-state index in [1.165, 1.54) is 33.4 Å². The summed E-state index contributed by atoms with van der Waals surface area (Å²) in [5.74, 6) is 0.492. The number of hydrogen-bond acceptors (Lipinski definition) is 0. The Balaban J connectivity index is 1.92. The Hall–Kier alpha value is -2.30. The zero-order valence-corrected chi connectivity index (χ0v) is 11.6. The molecule has 0 aromatic heterocycles. The summed E-state index contributed by atoms with van der Waals surface area (Å²) in [6.45, 7) is 2.14. The first-order valence-corrected chi connectivity index (χ1v) is 7.15. The molecule has 0 amide bonds. The zero-order valence-electron chi connectivity index (χ0n) is 11.6. The second kappa shape index (κ2) is 4.37. The Morgan fingerprint density at radius 3 is 2.80 bits per heavy atom. The summed E-state index contributed by atoms with van der Waals surface area (Å²) in [7, 11) is 0. The lowest BCUT2D eigenvalue weighted by atomic mass is 9.74. The number of hydrogen-bond donors (Lipinski definition) is 0. The van der Waals surface area contributed by atoms with Crippen molar-refractivity contribution >= 4 is 5.57 Å². The molecule has 20 heavy (non-hydrogen) atoms. The molecule has 1 unspecified atom stereocenters. The van der Waals surface area contributed by atoms with E-state index in [9.17, 15) is 0 Å². The van der Waals surface area contributed by atoms with E-state index in [1.807, 2.05) is 0 Å². The van der Waals surface area contributed by atoms with Gasteiger partial charge in [-0.3, -0.25) is 0 Å². The molecule has 0 bridgehead atoms. The first-order valence-electron chi connectivity index (χ1n) is 7.15. The minimum atomic E-state index is 0.492. The van der Waals surface area contributed by atoms with Crippen LogP contribution in [0, 0.1) is 12.8 Å². The van der Waals surface area contributed by atoms with Crippen LogP contribution < -0.4 is 0 Å². The third kappa shape index (κ3) is 1.70. The van der Waals surface area contributed by atoms with Crippen molar-refractivity contribution in [2.24, 2.45) is 5.92 Å². The van der Waals surface area contributed by atoms with Gasteiger partial charge in [-0.05, 0) is 59.4 Å². The minimum Gasteiger partial charge on any atom is -0.120 e. The largest absolute Gasteiger partial charge is 0.120 e. The van der Waals surface area contributed by atoms with Crippen molar-refractivity contribution in [3.05, 3.63) is 94.3 Å². The highest BCUT2D eigenvalue weighted by Crippen LogP contribution is 2.44. The van der Waals surface area contributed by atoms with Gasteiger partial charge in [-0.2, -0.15) is 0 Å². The van der Waals surface area contributed by atoms with E-state index in [2.05, 4.69) is 73.4 Å². The zero-order chi connectivity index (χ0) is 13.5. The predicted octanol–water partition coefficient (Wildman–Crippen LogP) is 4.92. The lowest BCUT2D eigenvalue weighted by Crippen LogP contribution is -2.13. The average Bonchev–Trinajstić information content (AvgIpc) is 2.93. The third-order valence-electron chi connectivity index (χ3n) is 4.30. The van der Waals surface area contributed by atoms with E-state index >= 15 is 0 Å². The molecular formula is C20H16. The van der Waals surface area contributed by atoms with E-state index < -0.39 is 0 Å². The van der Waals surface area contributed by atoms with E-state index in [4.69, 9.17) is 0 Å². The fourth-order valence-corrected chi connectivity index (χ4v) is 3.26. The average molecular weight is 256 g/mol. The molecule has 0 aliphatic heterocycles. The molecule has 0 heteroatoms. The quantitative estimate of drug-likeness (QED) is 0.626. The molecule has 0 fully saturated rings. The first kappa shape index (κ1) is 11.5. The normalized spacial score (nSPS) is 22.6. The van der Waals surface area contributed by atoms with Gasteiger partial charge in [-0.15, -0.1) is 5.73 Å². The fraction of sp³-hybridized carbons (Fsp3) is 0.150. The maximum Gasteiger partial charge on any atom is 0.0136 e. The van der Waals surface area contributed by atoms with Gasteiger partial charge in [0, 0.05) is 5.92 Å². The standard InChI is InChI=1S/C20H16/c1-14-9-11-15(12-10-14)20-18-7-3-2-5-16(18)13-17-6-4-8-19(17)20/h2-3,5-6,8-13,18H,7H2,1H3. The SMILES string of the molecule is Cc1ccc(C2=C3C=C=CC3=CC3=CC=CCC32)cc1. The summed E-state index contributed by atoms with van der Waals surface area (Å²) >= 11 is 0. The fourth-order valence-electron chi connectivity index (χ4n) is 3.26. The molecule has 0 radical (unpaired) electrons. The topological polar surface area (TPSA) is 0 Å². The smallest absolute Gasteiger partial charge is 0.0136 e. The van der Waals surface area contributed by atoms with Crippen LogP contribution in [0.5, 0.6) is 0 Å². The van der Waals surface area contributed by atoms with Crippen molar-refractivity contribution in [2.45, 2.75) is 13.3 Å². The third-order valence-corrected chi connectivity index (χ3v) is 4.30. The molecule has 0 spiro atoms. The van der Waals surface area contributed by atoms with Gasteiger partial charge in [0.15, 0.2) is 0 Å². The summed E-state index contributed by atoms with van der Waals surface area (Å²) in [6, 6.07) is 8.91. The monoisotopic (exact) mass is 256 g/mol. The van der Waals surface area contributed by atoms with Gasteiger partial charge < -0.3 is 0 Å². The van der Waals surface area contributed by atoms with Crippen molar-refractivity contribution in [1.29, 1.82) is 0 Å². The Kier molecular flexibility index (Phi) is 2.52. The molecule has 0 N–H and O–H groups in total. The molecule has 1 aromatic rings. The van der Waals surface area contributed by atoms with Crippen LogP contribution in [0.1, 0.15) is 17.5 Å². The molecule has 0 heterocycles. The van der Waals surface area contributed by atoms with Gasteiger partial charge in [0.2, 0.25) is 0 Å². The highest BCUT2D eigenvalue weighted by molar-refractivity contribution is 5.84. The number of allylic oxidation sites excluding steroid dienone is 9. The molecule has 1 aromatic carbocycles. The second-order valence-electron chi connectivity index (χ2n) is 5.63. The van der Waals surface area contributed by atoms with E-state index in [1.54, 1.807) is 0 Å². The van der Waals surface area contributed by atoms with Gasteiger partial charge in [-0.25, -0.2) is 0 Å². The lowest BCUT2D eigenvalue weighted by Gasteiger charge is -2.29. The van der Waals surface area contributed by atoms with Crippen LogP contribution in [0.3, 0.4) is 0 Å². The number of benzene rings is 1. The van der Waals surface area contributed by atoms with Crippen molar-refractivity contribution in [2.75, 3.05) is 0 Å². The van der Waals surface area contributed by atoms with Crippen LogP contribution in [0.2, 0.25) is 0 Å². The van der Waals surface area contributed by atoms with Crippen LogP contribution in [0.15, 0.2) is 83.2 Å². The van der Waals surface area contributed by atoms with E-state index in [0.29, 0.717) is 5.92 Å². The summed E-state index contributed by atoms with van der Waals surface area (Å²) in [5, 5.41) is 0. The molecule has 3 aliphatic rings. The van der Waals surface area contributed by atoms with E-state index in [-0.39, 0.29) is 0 Å². The Morgan fingerprint density at radius 1 is 1.10 bits per heavy atom. The van der Waals surface area contributed by atoms with Crippen LogP contribution in [-0.4, -0.2) is 0 Å². The van der Waals surface area contributed by atoms with Gasteiger partial charge in [0.25, 0.3) is 0 Å². The Morgan fingerprint density at radius 2 is 1.95 bits per heavy atom. The van der Waals surface area contributed by atoms with Gasteiger partial charge in [0.05, 0.1) is 0 Å². The molecule has 0 saturated heterocycles. The maximum absolute atomic E-state index is 3.26. The first-order chi connectivity index (χ1) is 9.83. The van der Waals surface area contributed by atoms with Crippen LogP contribution in [-0.2, 0) is 0 Å². The Labute approximate surface area is 119 Å². The van der Waals surface area contributed by atoms with E-state index in [0.717, 1.165) is 6.42 Å².